The Labute approximate surface area is 181 Å². The van der Waals surface area contributed by atoms with Crippen LogP contribution in [-0.2, 0) is 6.54 Å². The second-order valence-corrected chi connectivity index (χ2v) is 7.98. The fourth-order valence-electron chi connectivity index (χ4n) is 3.36. The first-order chi connectivity index (χ1) is 14.7. The number of hydrogen-bond donors (Lipinski definition) is 1. The highest BCUT2D eigenvalue weighted by Gasteiger charge is 2.29. The summed E-state index contributed by atoms with van der Waals surface area (Å²) in [4.78, 5) is 16.5. The van der Waals surface area contributed by atoms with Crippen molar-refractivity contribution < 1.29 is 4.74 Å². The van der Waals surface area contributed by atoms with Crippen LogP contribution in [0.15, 0.2) is 70.8 Å². The molecule has 0 bridgehead atoms. The van der Waals surface area contributed by atoms with Crippen LogP contribution in [0.2, 0.25) is 0 Å². The molecule has 6 nitrogen and oxygen atoms in total. The number of ether oxygens (including phenoxy) is 1. The molecule has 1 aromatic heterocycles. The molecule has 1 aliphatic heterocycles. The van der Waals surface area contributed by atoms with Crippen molar-refractivity contribution in [2.24, 2.45) is 4.99 Å². The van der Waals surface area contributed by atoms with Gasteiger partial charge in [-0.2, -0.15) is 0 Å². The van der Waals surface area contributed by atoms with Gasteiger partial charge in [0.2, 0.25) is 5.88 Å². The molecule has 0 radical (unpaired) electrons. The molecule has 7 heteroatoms. The molecule has 1 N–H and O–H groups in total. The summed E-state index contributed by atoms with van der Waals surface area (Å²) in [5.74, 6) is 1.24. The van der Waals surface area contributed by atoms with Crippen LogP contribution in [0.4, 0.5) is 11.5 Å². The molecule has 1 saturated heterocycles. The Kier molecular flexibility index (Phi) is 6.61. The highest BCUT2D eigenvalue weighted by Crippen LogP contribution is 2.27. The summed E-state index contributed by atoms with van der Waals surface area (Å²) in [6.07, 6.45) is 5.45. The van der Waals surface area contributed by atoms with Gasteiger partial charge in [0.15, 0.2) is 0 Å². The van der Waals surface area contributed by atoms with Gasteiger partial charge in [0.05, 0.1) is 5.56 Å². The van der Waals surface area contributed by atoms with Crippen molar-refractivity contribution in [2.45, 2.75) is 17.5 Å². The number of benzene rings is 2. The smallest absolute Gasteiger partial charge is 0.227 e. The molecule has 0 spiro atoms. The third-order valence-electron chi connectivity index (χ3n) is 4.91. The Bertz CT molecular complexity index is 988. The lowest BCUT2D eigenvalue weighted by Crippen LogP contribution is -2.53. The number of hydrogen-bond acceptors (Lipinski definition) is 7. The molecular formula is C23H25N5OS. The number of nitrogens with zero attached hydrogens (tertiary/aromatic N) is 4. The van der Waals surface area contributed by atoms with E-state index in [1.54, 1.807) is 25.0 Å². The maximum Gasteiger partial charge on any atom is 0.227 e. The van der Waals surface area contributed by atoms with Gasteiger partial charge in [0.1, 0.15) is 18.2 Å². The van der Waals surface area contributed by atoms with Gasteiger partial charge in [0, 0.05) is 43.5 Å². The summed E-state index contributed by atoms with van der Waals surface area (Å²) in [6.45, 7) is 2.69. The van der Waals surface area contributed by atoms with Crippen molar-refractivity contribution >= 4 is 29.5 Å². The minimum absolute atomic E-state index is 0.112. The molecule has 2 aromatic carbocycles. The lowest BCUT2D eigenvalue weighted by atomic mass is 10.1. The van der Waals surface area contributed by atoms with Crippen molar-refractivity contribution in [3.05, 3.63) is 72.1 Å². The van der Waals surface area contributed by atoms with Crippen LogP contribution in [0.5, 0.6) is 5.88 Å². The number of aliphatic imine (C=N–C) groups is 1. The standard InChI is InChI=1S/C23H25N5OS/c1-24-12-21-22(27-18-8-10-20(30-2)11-9-18)25-16-26-23(21)29-19-14-28(15-19)13-17-6-4-3-5-7-17/h3-12,16,19H,13-15H2,1-2H3,(H,25,26,27). The number of likely N-dealkylation sites (tertiary alicyclic amines) is 1. The van der Waals surface area contributed by atoms with Crippen LogP contribution in [0.25, 0.3) is 0 Å². The second kappa shape index (κ2) is 9.73. The first-order valence-corrected chi connectivity index (χ1v) is 11.1. The molecule has 0 amide bonds. The Morgan fingerprint density at radius 3 is 2.60 bits per heavy atom. The van der Waals surface area contributed by atoms with Gasteiger partial charge < -0.3 is 10.1 Å². The monoisotopic (exact) mass is 419 g/mol. The third kappa shape index (κ3) is 4.98. The number of anilines is 2. The topological polar surface area (TPSA) is 62.6 Å². The van der Waals surface area contributed by atoms with Crippen molar-refractivity contribution in [3.8, 4) is 5.88 Å². The zero-order valence-electron chi connectivity index (χ0n) is 17.2. The van der Waals surface area contributed by atoms with Gasteiger partial charge in [0.25, 0.3) is 0 Å². The number of rotatable bonds is 8. The largest absolute Gasteiger partial charge is 0.471 e. The van der Waals surface area contributed by atoms with E-state index in [4.69, 9.17) is 4.74 Å². The zero-order valence-corrected chi connectivity index (χ0v) is 18.0. The molecular weight excluding hydrogens is 394 g/mol. The summed E-state index contributed by atoms with van der Waals surface area (Å²) >= 11 is 1.72. The zero-order chi connectivity index (χ0) is 20.8. The highest BCUT2D eigenvalue weighted by molar-refractivity contribution is 7.98. The van der Waals surface area contributed by atoms with Crippen LogP contribution >= 0.6 is 11.8 Å². The van der Waals surface area contributed by atoms with E-state index in [0.29, 0.717) is 11.7 Å². The summed E-state index contributed by atoms with van der Waals surface area (Å²) in [5.41, 5.74) is 3.03. The Hall–Kier alpha value is -2.90. The van der Waals surface area contributed by atoms with Gasteiger partial charge >= 0.3 is 0 Å². The lowest BCUT2D eigenvalue weighted by molar-refractivity contribution is 0.0117. The van der Waals surface area contributed by atoms with E-state index in [0.717, 1.165) is 30.9 Å². The van der Waals surface area contributed by atoms with E-state index in [1.165, 1.54) is 16.8 Å². The van der Waals surface area contributed by atoms with E-state index in [-0.39, 0.29) is 6.10 Å². The molecule has 0 unspecified atom stereocenters. The molecule has 2 heterocycles. The van der Waals surface area contributed by atoms with E-state index in [1.807, 2.05) is 18.2 Å². The van der Waals surface area contributed by atoms with Crippen molar-refractivity contribution in [1.29, 1.82) is 0 Å². The van der Waals surface area contributed by atoms with Crippen LogP contribution in [-0.4, -0.2) is 53.6 Å². The number of nitrogens with one attached hydrogen (secondary N) is 1. The van der Waals surface area contributed by atoms with Gasteiger partial charge in [-0.15, -0.1) is 11.8 Å². The maximum atomic E-state index is 6.19. The normalized spacial score (nSPS) is 14.6. The quantitative estimate of drug-likeness (QED) is 0.435. The minimum atomic E-state index is 0.112. The van der Waals surface area contributed by atoms with Crippen molar-refractivity contribution in [1.82, 2.24) is 14.9 Å². The Balaban J connectivity index is 1.42. The predicted molar refractivity (Wildman–Crippen MR) is 123 cm³/mol. The minimum Gasteiger partial charge on any atom is -0.471 e. The van der Waals surface area contributed by atoms with E-state index in [2.05, 4.69) is 67.8 Å². The second-order valence-electron chi connectivity index (χ2n) is 7.10. The van der Waals surface area contributed by atoms with E-state index >= 15 is 0 Å². The lowest BCUT2D eigenvalue weighted by Gasteiger charge is -2.38. The Morgan fingerprint density at radius 1 is 1.13 bits per heavy atom. The van der Waals surface area contributed by atoms with Crippen LogP contribution in [0, 0.1) is 0 Å². The van der Waals surface area contributed by atoms with Gasteiger partial charge in [-0.1, -0.05) is 30.3 Å². The molecule has 3 aromatic rings. The summed E-state index contributed by atoms with van der Waals surface area (Å²) in [7, 11) is 1.73. The summed E-state index contributed by atoms with van der Waals surface area (Å²) in [5, 5.41) is 3.36. The molecule has 1 fully saturated rings. The van der Waals surface area contributed by atoms with Crippen LogP contribution < -0.4 is 10.1 Å². The average Bonchev–Trinajstić information content (AvgIpc) is 2.75. The molecule has 154 valence electrons. The third-order valence-corrected chi connectivity index (χ3v) is 5.65. The molecule has 0 atom stereocenters. The molecule has 30 heavy (non-hydrogen) atoms. The van der Waals surface area contributed by atoms with Crippen molar-refractivity contribution in [3.63, 3.8) is 0 Å². The Morgan fingerprint density at radius 2 is 1.90 bits per heavy atom. The first kappa shape index (κ1) is 20.4. The molecule has 1 aliphatic rings. The number of thioether (sulfide) groups is 1. The fourth-order valence-corrected chi connectivity index (χ4v) is 3.76. The summed E-state index contributed by atoms with van der Waals surface area (Å²) in [6, 6.07) is 18.7. The maximum absolute atomic E-state index is 6.19. The SMILES string of the molecule is CN=Cc1c(Nc2ccc(SC)cc2)ncnc1OC1CN(Cc2ccccc2)C1. The first-order valence-electron chi connectivity index (χ1n) is 9.86. The fraction of sp³-hybridized carbons (Fsp3) is 0.261. The summed E-state index contributed by atoms with van der Waals surface area (Å²) < 4.78 is 6.19. The van der Waals surface area contributed by atoms with Gasteiger partial charge in [-0.05, 0) is 36.1 Å². The average molecular weight is 420 g/mol. The van der Waals surface area contributed by atoms with Crippen molar-refractivity contribution in [2.75, 3.05) is 31.7 Å². The van der Waals surface area contributed by atoms with Gasteiger partial charge in [-0.25, -0.2) is 9.97 Å². The highest BCUT2D eigenvalue weighted by atomic mass is 32.2. The van der Waals surface area contributed by atoms with E-state index < -0.39 is 0 Å². The van der Waals surface area contributed by atoms with Crippen LogP contribution in [0.1, 0.15) is 11.1 Å². The molecule has 0 saturated carbocycles. The predicted octanol–water partition coefficient (Wildman–Crippen LogP) is 4.25. The molecule has 0 aliphatic carbocycles. The van der Waals surface area contributed by atoms with Crippen LogP contribution in [0.3, 0.4) is 0 Å². The van der Waals surface area contributed by atoms with Gasteiger partial charge in [-0.3, -0.25) is 9.89 Å². The number of aromatic nitrogens is 2. The van der Waals surface area contributed by atoms with E-state index in [9.17, 15) is 0 Å². The molecule has 4 rings (SSSR count).